The zero-order valence-corrected chi connectivity index (χ0v) is 17.9. The number of methoxy groups -OCH3 is 1. The molecule has 0 aliphatic carbocycles. The van der Waals surface area contributed by atoms with Gasteiger partial charge in [-0.3, -0.25) is 9.59 Å². The maximum absolute atomic E-state index is 13.4. The highest BCUT2D eigenvalue weighted by Crippen LogP contribution is 2.25. The van der Waals surface area contributed by atoms with E-state index >= 15 is 0 Å². The first kappa shape index (κ1) is 21.3. The first-order chi connectivity index (χ1) is 13.8. The molecule has 0 aromatic carbocycles. The number of ether oxygens (including phenoxy) is 2. The highest BCUT2D eigenvalue weighted by molar-refractivity contribution is 7.12. The van der Waals surface area contributed by atoms with Crippen molar-refractivity contribution in [2.24, 2.45) is 0 Å². The molecule has 1 fully saturated rings. The number of carbonyl (C=O) groups is 3. The minimum Gasteiger partial charge on any atom is -0.464 e. The monoisotopic (exact) mass is 418 g/mol. The van der Waals surface area contributed by atoms with Crippen LogP contribution < -0.4 is 0 Å². The quantitative estimate of drug-likeness (QED) is 0.550. The maximum Gasteiger partial charge on any atom is 0.354 e. The molecule has 29 heavy (non-hydrogen) atoms. The molecule has 2 atom stereocenters. The van der Waals surface area contributed by atoms with E-state index in [-0.39, 0.29) is 23.5 Å². The van der Waals surface area contributed by atoms with Gasteiger partial charge in [-0.05, 0) is 50.6 Å². The molecule has 7 nitrogen and oxygen atoms in total. The van der Waals surface area contributed by atoms with Crippen molar-refractivity contribution in [3.05, 3.63) is 44.9 Å². The summed E-state index contributed by atoms with van der Waals surface area (Å²) in [5.41, 5.74) is 1.80. The van der Waals surface area contributed by atoms with Gasteiger partial charge in [0.2, 0.25) is 0 Å². The van der Waals surface area contributed by atoms with Crippen LogP contribution in [0.4, 0.5) is 0 Å². The van der Waals surface area contributed by atoms with E-state index in [1.54, 1.807) is 31.7 Å². The molecule has 8 heteroatoms. The van der Waals surface area contributed by atoms with Gasteiger partial charge in [0.15, 0.2) is 5.78 Å². The van der Waals surface area contributed by atoms with E-state index in [9.17, 15) is 14.4 Å². The first-order valence-corrected chi connectivity index (χ1v) is 10.5. The average molecular weight is 419 g/mol. The average Bonchev–Trinajstić information content (AvgIpc) is 3.46. The van der Waals surface area contributed by atoms with E-state index in [1.807, 2.05) is 11.4 Å². The predicted molar refractivity (Wildman–Crippen MR) is 110 cm³/mol. The molecule has 0 unspecified atom stereocenters. The Hall–Kier alpha value is -2.45. The second-order valence-corrected chi connectivity index (χ2v) is 8.17. The number of esters is 1. The van der Waals surface area contributed by atoms with Crippen molar-refractivity contribution >= 4 is 29.0 Å². The fourth-order valence-corrected chi connectivity index (χ4v) is 4.42. The van der Waals surface area contributed by atoms with Gasteiger partial charge in [0.05, 0.1) is 24.1 Å². The summed E-state index contributed by atoms with van der Waals surface area (Å²) in [6.45, 7) is 6.21. The van der Waals surface area contributed by atoms with Gasteiger partial charge in [-0.15, -0.1) is 11.3 Å². The maximum atomic E-state index is 13.4. The van der Waals surface area contributed by atoms with Gasteiger partial charge in [0, 0.05) is 24.4 Å². The summed E-state index contributed by atoms with van der Waals surface area (Å²) < 4.78 is 10.5. The number of aryl methyl sites for hydroxylation is 1. The number of hydrogen-bond donors (Lipinski definition) is 1. The Labute approximate surface area is 174 Å². The van der Waals surface area contributed by atoms with Crippen LogP contribution in [0.15, 0.2) is 17.5 Å². The lowest BCUT2D eigenvalue weighted by Crippen LogP contribution is -2.47. The number of thiophene rings is 1. The molecule has 2 aromatic heterocycles. The molecule has 3 heterocycles. The zero-order chi connectivity index (χ0) is 21.1. The molecule has 1 aliphatic rings. The number of carbonyl (C=O) groups excluding carboxylic acids is 3. The first-order valence-electron chi connectivity index (χ1n) is 9.62. The topological polar surface area (TPSA) is 88.7 Å². The Morgan fingerprint density at radius 3 is 2.72 bits per heavy atom. The normalized spacial score (nSPS) is 17.2. The summed E-state index contributed by atoms with van der Waals surface area (Å²) in [7, 11) is 1.30. The smallest absolute Gasteiger partial charge is 0.354 e. The van der Waals surface area contributed by atoms with Gasteiger partial charge < -0.3 is 19.4 Å². The van der Waals surface area contributed by atoms with Gasteiger partial charge in [0.1, 0.15) is 5.69 Å². The summed E-state index contributed by atoms with van der Waals surface area (Å²) in [6, 6.07) is 2.87. The third-order valence-electron chi connectivity index (χ3n) is 5.34. The van der Waals surface area contributed by atoms with Crippen molar-refractivity contribution in [2.45, 2.75) is 45.8 Å². The van der Waals surface area contributed by atoms with Crippen LogP contribution in [0.25, 0.3) is 0 Å². The van der Waals surface area contributed by atoms with Crippen molar-refractivity contribution in [3.63, 3.8) is 0 Å². The van der Waals surface area contributed by atoms with Gasteiger partial charge in [-0.1, -0.05) is 6.07 Å². The molecule has 1 aliphatic heterocycles. The Kier molecular flexibility index (Phi) is 6.54. The van der Waals surface area contributed by atoms with Crippen LogP contribution in [0.1, 0.15) is 61.5 Å². The molecule has 0 spiro atoms. The predicted octanol–water partition coefficient (Wildman–Crippen LogP) is 3.37. The van der Waals surface area contributed by atoms with Gasteiger partial charge in [-0.2, -0.15) is 0 Å². The lowest BCUT2D eigenvalue weighted by atomic mass is 9.99. The van der Waals surface area contributed by atoms with Crippen molar-refractivity contribution < 1.29 is 23.9 Å². The van der Waals surface area contributed by atoms with Crippen LogP contribution in [0.3, 0.4) is 0 Å². The second kappa shape index (κ2) is 8.92. The third kappa shape index (κ3) is 4.28. The molecule has 1 saturated heterocycles. The Morgan fingerprint density at radius 2 is 2.14 bits per heavy atom. The second-order valence-electron chi connectivity index (χ2n) is 7.23. The Morgan fingerprint density at radius 1 is 1.38 bits per heavy atom. The van der Waals surface area contributed by atoms with Gasteiger partial charge in [0.25, 0.3) is 5.91 Å². The highest BCUT2D eigenvalue weighted by Gasteiger charge is 2.34. The molecule has 0 saturated carbocycles. The minimum atomic E-state index is -0.701. The van der Waals surface area contributed by atoms with E-state index < -0.39 is 12.0 Å². The summed E-state index contributed by atoms with van der Waals surface area (Å²) >= 11 is 1.35. The van der Waals surface area contributed by atoms with Crippen molar-refractivity contribution in [3.8, 4) is 0 Å². The Balaban J connectivity index is 1.91. The minimum absolute atomic E-state index is 0.0757. The number of Topliss-reactive ketones (excluding diaryl/α,β-unsaturated/α-hetero) is 1. The van der Waals surface area contributed by atoms with E-state index in [0.29, 0.717) is 34.8 Å². The van der Waals surface area contributed by atoms with E-state index in [2.05, 4.69) is 4.98 Å². The molecule has 1 amide bonds. The van der Waals surface area contributed by atoms with E-state index in [0.717, 1.165) is 12.8 Å². The summed E-state index contributed by atoms with van der Waals surface area (Å²) in [5, 5.41) is 1.84. The lowest BCUT2D eigenvalue weighted by Gasteiger charge is -2.30. The largest absolute Gasteiger partial charge is 0.464 e. The van der Waals surface area contributed by atoms with Crippen LogP contribution in [0, 0.1) is 13.8 Å². The summed E-state index contributed by atoms with van der Waals surface area (Å²) in [5.74, 6) is -0.923. The van der Waals surface area contributed by atoms with Crippen LogP contribution in [-0.4, -0.2) is 60.0 Å². The van der Waals surface area contributed by atoms with Gasteiger partial charge >= 0.3 is 5.97 Å². The third-order valence-corrected chi connectivity index (χ3v) is 6.20. The standard InChI is InChI=1S/C21H26N2O5S/c1-12-17(13(2)22-18(12)21(26)27-4)19(24)14(3)23(11-15-7-5-9-28-15)20(25)16-8-6-10-29-16/h6,8,10,14-15,22H,5,7,9,11H2,1-4H3/t14-,15-/m0/s1. The molecule has 0 radical (unpaired) electrons. The van der Waals surface area contributed by atoms with E-state index in [1.165, 1.54) is 18.4 Å². The molecule has 156 valence electrons. The number of ketones is 1. The van der Waals surface area contributed by atoms with Crippen LogP contribution in [0.5, 0.6) is 0 Å². The zero-order valence-electron chi connectivity index (χ0n) is 17.1. The molecule has 2 aromatic rings. The van der Waals surface area contributed by atoms with Crippen molar-refractivity contribution in [1.82, 2.24) is 9.88 Å². The van der Waals surface area contributed by atoms with Crippen LogP contribution >= 0.6 is 11.3 Å². The molecule has 1 N–H and O–H groups in total. The highest BCUT2D eigenvalue weighted by atomic mass is 32.1. The lowest BCUT2D eigenvalue weighted by molar-refractivity contribution is 0.0413. The fraction of sp³-hybridized carbons (Fsp3) is 0.476. The van der Waals surface area contributed by atoms with Crippen molar-refractivity contribution in [2.75, 3.05) is 20.3 Å². The van der Waals surface area contributed by atoms with Crippen molar-refractivity contribution in [1.29, 1.82) is 0 Å². The number of H-pyrrole nitrogens is 1. The summed E-state index contributed by atoms with van der Waals surface area (Å²) in [4.78, 5) is 43.6. The number of amides is 1. The molecular weight excluding hydrogens is 392 g/mol. The number of rotatable bonds is 7. The number of aromatic amines is 1. The van der Waals surface area contributed by atoms with Gasteiger partial charge in [-0.25, -0.2) is 4.79 Å². The van der Waals surface area contributed by atoms with Crippen LogP contribution in [-0.2, 0) is 9.47 Å². The SMILES string of the molecule is COC(=O)c1[nH]c(C)c(C(=O)[C@H](C)N(C[C@@H]2CCCO2)C(=O)c2cccs2)c1C. The number of nitrogens with zero attached hydrogens (tertiary/aromatic N) is 1. The summed E-state index contributed by atoms with van der Waals surface area (Å²) in [6.07, 6.45) is 1.74. The Bertz CT molecular complexity index is 897. The molecule has 0 bridgehead atoms. The number of nitrogens with one attached hydrogen (secondary N) is 1. The molecular formula is C21H26N2O5S. The fourth-order valence-electron chi connectivity index (χ4n) is 3.74. The number of aromatic nitrogens is 1. The van der Waals surface area contributed by atoms with E-state index in [4.69, 9.17) is 9.47 Å². The molecule has 3 rings (SSSR count). The number of hydrogen-bond acceptors (Lipinski definition) is 6. The van der Waals surface area contributed by atoms with Crippen LogP contribution in [0.2, 0.25) is 0 Å².